The maximum absolute atomic E-state index is 13.2. The van der Waals surface area contributed by atoms with Gasteiger partial charge in [-0.15, -0.1) is 0 Å². The van der Waals surface area contributed by atoms with Gasteiger partial charge in [0.15, 0.2) is 5.76 Å². The van der Waals surface area contributed by atoms with Crippen LogP contribution >= 0.6 is 0 Å². The molecule has 0 radical (unpaired) electrons. The molecule has 1 amide bonds. The van der Waals surface area contributed by atoms with Gasteiger partial charge in [0, 0.05) is 37.8 Å². The van der Waals surface area contributed by atoms with E-state index in [-0.39, 0.29) is 5.91 Å². The molecule has 0 bridgehead atoms. The molecule has 0 N–H and O–H groups in total. The molecule has 0 atom stereocenters. The van der Waals surface area contributed by atoms with Crippen LogP contribution in [-0.4, -0.2) is 67.6 Å². The van der Waals surface area contributed by atoms with Crippen molar-refractivity contribution in [3.05, 3.63) is 54.2 Å². The van der Waals surface area contributed by atoms with E-state index in [1.807, 2.05) is 41.3 Å². The molecule has 0 spiro atoms. The second-order valence-electron chi connectivity index (χ2n) is 7.37. The van der Waals surface area contributed by atoms with Gasteiger partial charge in [0.2, 0.25) is 5.89 Å². The number of benzene rings is 2. The number of hydrogen-bond acceptors (Lipinski definition) is 6. The summed E-state index contributed by atoms with van der Waals surface area (Å²) in [7, 11) is 3.21. The molecule has 1 aliphatic heterocycles. The molecule has 1 aromatic heterocycles. The molecule has 4 rings (SSSR count). The molecular weight excluding hydrogens is 394 g/mol. The minimum atomic E-state index is 0.00753. The number of nitrogens with zero attached hydrogens (tertiary/aromatic N) is 3. The number of rotatable bonds is 6. The third-order valence-electron chi connectivity index (χ3n) is 5.67. The van der Waals surface area contributed by atoms with Crippen molar-refractivity contribution in [3.8, 4) is 34.3 Å². The lowest BCUT2D eigenvalue weighted by Gasteiger charge is -2.34. The SMILES string of the molecule is CCN1CCN(C(=O)c2ccccc2-c2ncc(-c3ccc(OC)cc3OC)o2)CC1. The van der Waals surface area contributed by atoms with E-state index in [9.17, 15) is 4.79 Å². The van der Waals surface area contributed by atoms with Crippen LogP contribution < -0.4 is 9.47 Å². The highest BCUT2D eigenvalue weighted by atomic mass is 16.5. The first kappa shape index (κ1) is 20.9. The first-order chi connectivity index (χ1) is 15.1. The number of carbonyl (C=O) groups is 1. The zero-order valence-corrected chi connectivity index (χ0v) is 18.1. The monoisotopic (exact) mass is 421 g/mol. The Morgan fingerprint density at radius 1 is 1.03 bits per heavy atom. The summed E-state index contributed by atoms with van der Waals surface area (Å²) in [6, 6.07) is 13.0. The standard InChI is InChI=1S/C24H27N3O4/c1-4-26-11-13-27(14-12-26)24(28)19-8-6-5-7-18(19)23-25-16-22(31-23)20-10-9-17(29-2)15-21(20)30-3/h5-10,15-16H,4,11-14H2,1-3H3. The van der Waals surface area contributed by atoms with Crippen molar-refractivity contribution in [3.63, 3.8) is 0 Å². The molecule has 31 heavy (non-hydrogen) atoms. The van der Waals surface area contributed by atoms with Gasteiger partial charge >= 0.3 is 0 Å². The topological polar surface area (TPSA) is 68.0 Å². The fraction of sp³-hybridized carbons (Fsp3) is 0.333. The van der Waals surface area contributed by atoms with Crippen molar-refractivity contribution in [1.29, 1.82) is 0 Å². The van der Waals surface area contributed by atoms with E-state index >= 15 is 0 Å². The zero-order valence-electron chi connectivity index (χ0n) is 18.1. The highest BCUT2D eigenvalue weighted by molar-refractivity contribution is 6.00. The van der Waals surface area contributed by atoms with Crippen molar-refractivity contribution < 1.29 is 18.7 Å². The Hall–Kier alpha value is -3.32. The van der Waals surface area contributed by atoms with Crippen LogP contribution in [0.25, 0.3) is 22.8 Å². The Labute approximate surface area is 182 Å². The van der Waals surface area contributed by atoms with Crippen LogP contribution in [0, 0.1) is 0 Å². The van der Waals surface area contributed by atoms with Crippen molar-refractivity contribution in [1.82, 2.24) is 14.8 Å². The molecule has 7 nitrogen and oxygen atoms in total. The van der Waals surface area contributed by atoms with Crippen molar-refractivity contribution in [2.24, 2.45) is 0 Å². The summed E-state index contributed by atoms with van der Waals surface area (Å²) >= 11 is 0. The number of ether oxygens (including phenoxy) is 2. The molecule has 1 saturated heterocycles. The minimum Gasteiger partial charge on any atom is -0.497 e. The van der Waals surface area contributed by atoms with Gasteiger partial charge in [0.1, 0.15) is 11.5 Å². The largest absolute Gasteiger partial charge is 0.497 e. The minimum absolute atomic E-state index is 0.00753. The summed E-state index contributed by atoms with van der Waals surface area (Å²) in [5.41, 5.74) is 2.05. The lowest BCUT2D eigenvalue weighted by Crippen LogP contribution is -2.48. The van der Waals surface area contributed by atoms with E-state index in [0.717, 1.165) is 38.3 Å². The van der Waals surface area contributed by atoms with Crippen LogP contribution in [0.3, 0.4) is 0 Å². The van der Waals surface area contributed by atoms with Gasteiger partial charge in [-0.3, -0.25) is 4.79 Å². The summed E-state index contributed by atoms with van der Waals surface area (Å²) < 4.78 is 16.8. The molecule has 0 saturated carbocycles. The zero-order chi connectivity index (χ0) is 21.8. The Morgan fingerprint density at radius 2 is 1.81 bits per heavy atom. The van der Waals surface area contributed by atoms with Crippen LogP contribution in [-0.2, 0) is 0 Å². The molecule has 0 aliphatic carbocycles. The van der Waals surface area contributed by atoms with Crippen molar-refractivity contribution >= 4 is 5.91 Å². The molecule has 1 fully saturated rings. The second-order valence-corrected chi connectivity index (χ2v) is 7.37. The van der Waals surface area contributed by atoms with Crippen LogP contribution in [0.2, 0.25) is 0 Å². The average Bonchev–Trinajstić information content (AvgIpc) is 3.33. The Kier molecular flexibility index (Phi) is 6.23. The van der Waals surface area contributed by atoms with Crippen molar-refractivity contribution in [2.45, 2.75) is 6.92 Å². The third kappa shape index (κ3) is 4.27. The number of piperazine rings is 1. The highest BCUT2D eigenvalue weighted by Crippen LogP contribution is 2.36. The molecule has 3 aromatic rings. The fourth-order valence-corrected chi connectivity index (χ4v) is 3.82. The number of aromatic nitrogens is 1. The quantitative estimate of drug-likeness (QED) is 0.603. The van der Waals surface area contributed by atoms with E-state index < -0.39 is 0 Å². The predicted octanol–water partition coefficient (Wildman–Crippen LogP) is 3.80. The lowest BCUT2D eigenvalue weighted by atomic mass is 10.1. The van der Waals surface area contributed by atoms with E-state index in [2.05, 4.69) is 16.8 Å². The van der Waals surface area contributed by atoms with Gasteiger partial charge in [-0.2, -0.15) is 0 Å². The average molecular weight is 421 g/mol. The number of hydrogen-bond donors (Lipinski definition) is 0. The molecule has 1 aliphatic rings. The maximum Gasteiger partial charge on any atom is 0.254 e. The van der Waals surface area contributed by atoms with Crippen LogP contribution in [0.4, 0.5) is 0 Å². The lowest BCUT2D eigenvalue weighted by molar-refractivity contribution is 0.0644. The van der Waals surface area contributed by atoms with Gasteiger partial charge in [0.05, 0.1) is 31.5 Å². The number of methoxy groups -OCH3 is 2. The van der Waals surface area contributed by atoms with E-state index in [4.69, 9.17) is 13.9 Å². The van der Waals surface area contributed by atoms with Gasteiger partial charge in [-0.25, -0.2) is 4.98 Å². The van der Waals surface area contributed by atoms with E-state index in [0.29, 0.717) is 34.3 Å². The number of oxazole rings is 1. The normalized spacial score (nSPS) is 14.5. The van der Waals surface area contributed by atoms with Crippen LogP contribution in [0.5, 0.6) is 11.5 Å². The van der Waals surface area contributed by atoms with Crippen LogP contribution in [0.15, 0.2) is 53.1 Å². The Morgan fingerprint density at radius 3 is 2.52 bits per heavy atom. The van der Waals surface area contributed by atoms with Gasteiger partial charge < -0.3 is 23.7 Å². The summed E-state index contributed by atoms with van der Waals surface area (Å²) in [6.07, 6.45) is 1.65. The molecule has 2 aromatic carbocycles. The third-order valence-corrected chi connectivity index (χ3v) is 5.67. The Balaban J connectivity index is 1.63. The summed E-state index contributed by atoms with van der Waals surface area (Å²) in [4.78, 5) is 22.0. The first-order valence-electron chi connectivity index (χ1n) is 10.4. The molecule has 2 heterocycles. The summed E-state index contributed by atoms with van der Waals surface area (Å²) in [5, 5.41) is 0. The molecular formula is C24H27N3O4. The smallest absolute Gasteiger partial charge is 0.254 e. The van der Waals surface area contributed by atoms with E-state index in [1.165, 1.54) is 0 Å². The second kappa shape index (κ2) is 9.22. The summed E-state index contributed by atoms with van der Waals surface area (Å²) in [5.74, 6) is 2.30. The predicted molar refractivity (Wildman–Crippen MR) is 118 cm³/mol. The first-order valence-corrected chi connectivity index (χ1v) is 10.4. The van der Waals surface area contributed by atoms with Gasteiger partial charge in [0.25, 0.3) is 5.91 Å². The Bertz CT molecular complexity index is 1050. The molecule has 0 unspecified atom stereocenters. The van der Waals surface area contributed by atoms with Gasteiger partial charge in [-0.05, 0) is 30.8 Å². The summed E-state index contributed by atoms with van der Waals surface area (Å²) in [6.45, 7) is 6.38. The number of amides is 1. The van der Waals surface area contributed by atoms with Crippen LogP contribution in [0.1, 0.15) is 17.3 Å². The number of carbonyl (C=O) groups excluding carboxylic acids is 1. The van der Waals surface area contributed by atoms with Gasteiger partial charge in [-0.1, -0.05) is 19.1 Å². The molecule has 7 heteroatoms. The number of likely N-dealkylation sites (N-methyl/N-ethyl adjacent to an activating group) is 1. The maximum atomic E-state index is 13.2. The van der Waals surface area contributed by atoms with E-state index in [1.54, 1.807) is 26.5 Å². The van der Waals surface area contributed by atoms with Crippen molar-refractivity contribution in [2.75, 3.05) is 46.9 Å². The highest BCUT2D eigenvalue weighted by Gasteiger charge is 2.25. The fourth-order valence-electron chi connectivity index (χ4n) is 3.82. The molecule has 162 valence electrons.